The Labute approximate surface area is 117 Å². The van der Waals surface area contributed by atoms with Crippen molar-refractivity contribution in [3.05, 3.63) is 11.1 Å². The highest BCUT2D eigenvalue weighted by Crippen LogP contribution is 2.57. The van der Waals surface area contributed by atoms with Gasteiger partial charge >= 0.3 is 0 Å². The molecule has 6 unspecified atom stereocenters. The topological polar surface area (TPSA) is 20.2 Å². The lowest BCUT2D eigenvalue weighted by molar-refractivity contribution is -0.0244. The molecule has 0 aromatic carbocycles. The van der Waals surface area contributed by atoms with Gasteiger partial charge < -0.3 is 5.11 Å². The van der Waals surface area contributed by atoms with Crippen molar-refractivity contribution in [3.63, 3.8) is 0 Å². The summed E-state index contributed by atoms with van der Waals surface area (Å²) in [5, 5.41) is 9.92. The van der Waals surface area contributed by atoms with Crippen LogP contribution in [0.1, 0.15) is 64.7 Å². The van der Waals surface area contributed by atoms with E-state index in [1.54, 1.807) is 5.57 Å². The molecule has 1 heteroatoms. The SMILES string of the molecule is CC1=C2CCC3C4CCC(O)CC4CCC3C2CC1. The molecule has 0 aromatic heterocycles. The third-order valence-electron chi connectivity index (χ3n) is 7.07. The molecule has 6 atom stereocenters. The molecule has 4 aliphatic rings. The van der Waals surface area contributed by atoms with Crippen molar-refractivity contribution in [2.24, 2.45) is 29.6 Å². The molecular formula is C18H28O. The highest BCUT2D eigenvalue weighted by Gasteiger charge is 2.47. The van der Waals surface area contributed by atoms with E-state index in [1.165, 1.54) is 44.9 Å². The first kappa shape index (κ1) is 12.4. The van der Waals surface area contributed by atoms with Gasteiger partial charge in [-0.15, -0.1) is 0 Å². The van der Waals surface area contributed by atoms with E-state index in [9.17, 15) is 5.11 Å². The number of allylic oxidation sites excluding steroid dienone is 2. The van der Waals surface area contributed by atoms with Crippen LogP contribution in [0.25, 0.3) is 0 Å². The Morgan fingerprint density at radius 1 is 0.842 bits per heavy atom. The van der Waals surface area contributed by atoms with E-state index in [0.29, 0.717) is 0 Å². The molecule has 0 heterocycles. The van der Waals surface area contributed by atoms with E-state index in [2.05, 4.69) is 6.92 Å². The van der Waals surface area contributed by atoms with E-state index in [1.807, 2.05) is 5.57 Å². The zero-order valence-corrected chi connectivity index (χ0v) is 12.3. The van der Waals surface area contributed by atoms with Gasteiger partial charge in [0, 0.05) is 0 Å². The van der Waals surface area contributed by atoms with Gasteiger partial charge in [-0.05, 0) is 94.3 Å². The van der Waals surface area contributed by atoms with E-state index in [-0.39, 0.29) is 6.10 Å². The summed E-state index contributed by atoms with van der Waals surface area (Å²) < 4.78 is 0. The van der Waals surface area contributed by atoms with Gasteiger partial charge in [0.05, 0.1) is 6.10 Å². The van der Waals surface area contributed by atoms with Crippen LogP contribution < -0.4 is 0 Å². The molecule has 0 amide bonds. The molecule has 3 saturated carbocycles. The fourth-order valence-electron chi connectivity index (χ4n) is 6.24. The summed E-state index contributed by atoms with van der Waals surface area (Å²) in [6.45, 7) is 2.39. The van der Waals surface area contributed by atoms with Gasteiger partial charge in [-0.1, -0.05) is 11.1 Å². The maximum Gasteiger partial charge on any atom is 0.0543 e. The largest absolute Gasteiger partial charge is 0.393 e. The minimum absolute atomic E-state index is 0.0190. The zero-order valence-electron chi connectivity index (χ0n) is 12.3. The number of rotatable bonds is 0. The molecule has 4 aliphatic carbocycles. The van der Waals surface area contributed by atoms with Gasteiger partial charge in [-0.3, -0.25) is 0 Å². The average molecular weight is 260 g/mol. The maximum absolute atomic E-state index is 9.92. The van der Waals surface area contributed by atoms with Crippen LogP contribution in [0.4, 0.5) is 0 Å². The van der Waals surface area contributed by atoms with Crippen molar-refractivity contribution in [1.29, 1.82) is 0 Å². The van der Waals surface area contributed by atoms with Crippen molar-refractivity contribution in [1.82, 2.24) is 0 Å². The molecule has 3 fully saturated rings. The lowest BCUT2D eigenvalue weighted by atomic mass is 9.54. The lowest BCUT2D eigenvalue weighted by Crippen LogP contribution is -2.44. The van der Waals surface area contributed by atoms with Gasteiger partial charge in [0.15, 0.2) is 0 Å². The van der Waals surface area contributed by atoms with Crippen LogP contribution in [0.5, 0.6) is 0 Å². The van der Waals surface area contributed by atoms with Gasteiger partial charge in [-0.25, -0.2) is 0 Å². The summed E-state index contributed by atoms with van der Waals surface area (Å²) >= 11 is 0. The molecule has 0 saturated heterocycles. The summed E-state index contributed by atoms with van der Waals surface area (Å²) in [4.78, 5) is 0. The van der Waals surface area contributed by atoms with Crippen LogP contribution in [0.15, 0.2) is 11.1 Å². The fraction of sp³-hybridized carbons (Fsp3) is 0.889. The van der Waals surface area contributed by atoms with Crippen molar-refractivity contribution in [3.8, 4) is 0 Å². The van der Waals surface area contributed by atoms with Crippen molar-refractivity contribution in [2.75, 3.05) is 0 Å². The van der Waals surface area contributed by atoms with Crippen LogP contribution in [0, 0.1) is 29.6 Å². The van der Waals surface area contributed by atoms with Crippen LogP contribution >= 0.6 is 0 Å². The first-order valence-electron chi connectivity index (χ1n) is 8.60. The maximum atomic E-state index is 9.92. The van der Waals surface area contributed by atoms with Gasteiger partial charge in [0.25, 0.3) is 0 Å². The van der Waals surface area contributed by atoms with Crippen LogP contribution in [-0.2, 0) is 0 Å². The number of aliphatic hydroxyl groups is 1. The molecule has 0 aliphatic heterocycles. The molecule has 1 N–H and O–H groups in total. The molecular weight excluding hydrogens is 232 g/mol. The van der Waals surface area contributed by atoms with Gasteiger partial charge in [-0.2, -0.15) is 0 Å². The minimum Gasteiger partial charge on any atom is -0.393 e. The zero-order chi connectivity index (χ0) is 13.0. The molecule has 19 heavy (non-hydrogen) atoms. The standard InChI is InChI=1S/C18H28O/c1-11-2-5-16-14(11)8-9-17-15-7-4-13(19)10-12(15)3-6-18(16)17/h12-13,15-19H,2-10H2,1H3. The number of hydrogen-bond donors (Lipinski definition) is 1. The number of hydrogen-bond acceptors (Lipinski definition) is 1. The molecule has 4 rings (SSSR count). The number of aliphatic hydroxyl groups excluding tert-OH is 1. The lowest BCUT2D eigenvalue weighted by Gasteiger charge is -2.51. The first-order chi connectivity index (χ1) is 9.24. The van der Waals surface area contributed by atoms with Crippen molar-refractivity contribution in [2.45, 2.75) is 70.8 Å². The average Bonchev–Trinajstić information content (AvgIpc) is 2.80. The molecule has 106 valence electrons. The molecule has 0 spiro atoms. The van der Waals surface area contributed by atoms with E-state index >= 15 is 0 Å². The summed E-state index contributed by atoms with van der Waals surface area (Å²) in [6, 6.07) is 0. The molecule has 0 radical (unpaired) electrons. The predicted octanol–water partition coefficient (Wildman–Crippen LogP) is 4.31. The molecule has 1 nitrogen and oxygen atoms in total. The van der Waals surface area contributed by atoms with E-state index < -0.39 is 0 Å². The second-order valence-electron chi connectivity index (χ2n) is 7.79. The first-order valence-corrected chi connectivity index (χ1v) is 8.60. The van der Waals surface area contributed by atoms with E-state index in [0.717, 1.165) is 42.4 Å². The summed E-state index contributed by atoms with van der Waals surface area (Å²) in [6.07, 6.45) is 12.1. The molecule has 0 bridgehead atoms. The molecule has 0 aromatic rings. The summed E-state index contributed by atoms with van der Waals surface area (Å²) in [5.41, 5.74) is 3.61. The minimum atomic E-state index is 0.0190. The van der Waals surface area contributed by atoms with Crippen molar-refractivity contribution < 1.29 is 5.11 Å². The van der Waals surface area contributed by atoms with Crippen molar-refractivity contribution >= 4 is 0 Å². The normalized spacial score (nSPS) is 49.6. The van der Waals surface area contributed by atoms with Crippen LogP contribution in [0.2, 0.25) is 0 Å². The Balaban J connectivity index is 1.57. The Morgan fingerprint density at radius 3 is 2.58 bits per heavy atom. The van der Waals surface area contributed by atoms with Crippen LogP contribution in [0.3, 0.4) is 0 Å². The second-order valence-corrected chi connectivity index (χ2v) is 7.79. The Hall–Kier alpha value is -0.300. The predicted molar refractivity (Wildman–Crippen MR) is 77.7 cm³/mol. The number of fused-ring (bicyclic) bond motifs is 5. The summed E-state index contributed by atoms with van der Waals surface area (Å²) in [7, 11) is 0. The Morgan fingerprint density at radius 2 is 1.68 bits per heavy atom. The fourth-order valence-corrected chi connectivity index (χ4v) is 6.24. The summed E-state index contributed by atoms with van der Waals surface area (Å²) in [5.74, 6) is 4.80. The second kappa shape index (κ2) is 4.62. The van der Waals surface area contributed by atoms with Gasteiger partial charge in [0.2, 0.25) is 0 Å². The quantitative estimate of drug-likeness (QED) is 0.643. The van der Waals surface area contributed by atoms with E-state index in [4.69, 9.17) is 0 Å². The third kappa shape index (κ3) is 1.92. The Kier molecular flexibility index (Phi) is 3.02. The van der Waals surface area contributed by atoms with Crippen LogP contribution in [-0.4, -0.2) is 11.2 Å². The Bertz CT molecular complexity index is 396. The van der Waals surface area contributed by atoms with Gasteiger partial charge in [0.1, 0.15) is 0 Å². The monoisotopic (exact) mass is 260 g/mol. The highest BCUT2D eigenvalue weighted by molar-refractivity contribution is 5.25. The highest BCUT2D eigenvalue weighted by atomic mass is 16.3. The smallest absolute Gasteiger partial charge is 0.0543 e. The third-order valence-corrected chi connectivity index (χ3v) is 7.07.